The summed E-state index contributed by atoms with van der Waals surface area (Å²) >= 11 is 0. The Morgan fingerprint density at radius 1 is 0.711 bits per heavy atom. The van der Waals surface area contributed by atoms with Crippen LogP contribution in [-0.2, 0) is 33.3 Å². The molecule has 0 amide bonds. The Kier molecular flexibility index (Phi) is 12.2. The van der Waals surface area contributed by atoms with Crippen molar-refractivity contribution in [2.45, 2.75) is 110 Å². The van der Waals surface area contributed by atoms with Crippen LogP contribution in [0.4, 0.5) is 0 Å². The molecule has 0 bridgehead atoms. The van der Waals surface area contributed by atoms with Crippen molar-refractivity contribution in [1.29, 1.82) is 0 Å². The van der Waals surface area contributed by atoms with Gasteiger partial charge in [-0.25, -0.2) is 9.59 Å². The van der Waals surface area contributed by atoms with Gasteiger partial charge in [-0.3, -0.25) is 0 Å². The zero-order valence-corrected chi connectivity index (χ0v) is 23.1. The molecule has 3 aliphatic heterocycles. The molecule has 262 valence electrons. The minimum absolute atomic E-state index is 1.04. The number of aliphatic carboxylic acids is 2. The number of carbonyl (C=O) groups is 2. The standard InChI is InChI=1S/C23H38O22/c24-2-5(27)14-10(31)9(30)13(34)19(41-14)42-17-8(1-22(40,20(36)37)44-16(17)7(29)4-26)43-23(21(38)39)18(35)12(33)11(32)15(45-23)6(28)3-25/h5-19,24-35,40H,1-4H2,(H,36,37)(H,38,39)/t5-,6+,7+,8+,9-,10-,11+,12-,13-,14+,15+,16+,17+,18-,19+,22+,23+/m0/s1. The number of ether oxygens (including phenoxy) is 5. The first-order valence-electron chi connectivity index (χ1n) is 13.4. The Morgan fingerprint density at radius 3 is 1.73 bits per heavy atom. The van der Waals surface area contributed by atoms with E-state index in [1.54, 1.807) is 0 Å². The van der Waals surface area contributed by atoms with Crippen LogP contribution in [0.3, 0.4) is 0 Å². The summed E-state index contributed by atoms with van der Waals surface area (Å²) in [5, 5.41) is 152. The van der Waals surface area contributed by atoms with Crippen molar-refractivity contribution in [2.75, 3.05) is 19.8 Å². The van der Waals surface area contributed by atoms with E-state index >= 15 is 0 Å². The quantitative estimate of drug-likeness (QED) is 0.0919. The average molecular weight is 667 g/mol. The van der Waals surface area contributed by atoms with Crippen LogP contribution in [0.1, 0.15) is 6.42 Å². The van der Waals surface area contributed by atoms with E-state index in [4.69, 9.17) is 23.7 Å². The lowest BCUT2D eigenvalue weighted by Crippen LogP contribution is -2.73. The fourth-order valence-corrected chi connectivity index (χ4v) is 5.22. The molecular formula is C23H38O22. The topological polar surface area (TPSA) is 384 Å². The minimum atomic E-state index is -3.59. The molecule has 3 rings (SSSR count). The molecule has 0 aliphatic carbocycles. The Labute approximate surface area is 252 Å². The number of carboxylic acid groups (broad SMARTS) is 2. The van der Waals surface area contributed by atoms with Crippen molar-refractivity contribution in [3.05, 3.63) is 0 Å². The highest BCUT2D eigenvalue weighted by molar-refractivity contribution is 5.77. The summed E-state index contributed by atoms with van der Waals surface area (Å²) in [6.07, 6.45) is -34.6. The first-order valence-corrected chi connectivity index (χ1v) is 13.4. The number of aliphatic hydroxyl groups is 13. The van der Waals surface area contributed by atoms with E-state index in [1.807, 2.05) is 0 Å². The smallest absolute Gasteiger partial charge is 0.367 e. The first kappa shape index (κ1) is 37.7. The van der Waals surface area contributed by atoms with E-state index in [0.717, 1.165) is 0 Å². The van der Waals surface area contributed by atoms with Crippen LogP contribution in [0.5, 0.6) is 0 Å². The maximum absolute atomic E-state index is 12.6. The van der Waals surface area contributed by atoms with Crippen LogP contribution in [0.15, 0.2) is 0 Å². The molecular weight excluding hydrogens is 628 g/mol. The number of hydrogen-bond donors (Lipinski definition) is 15. The Bertz CT molecular complexity index is 1020. The molecule has 17 atom stereocenters. The third-order valence-corrected chi connectivity index (χ3v) is 7.77. The summed E-state index contributed by atoms with van der Waals surface area (Å²) in [4.78, 5) is 24.5. The summed E-state index contributed by atoms with van der Waals surface area (Å²) in [5.41, 5.74) is 0. The number of aliphatic hydroxyl groups excluding tert-OH is 12. The Hall–Kier alpha value is -1.78. The van der Waals surface area contributed by atoms with E-state index < -0.39 is 141 Å². The molecule has 3 aliphatic rings. The normalized spacial score (nSPS) is 46.2. The van der Waals surface area contributed by atoms with Crippen LogP contribution >= 0.6 is 0 Å². The zero-order valence-electron chi connectivity index (χ0n) is 23.1. The fourth-order valence-electron chi connectivity index (χ4n) is 5.22. The monoisotopic (exact) mass is 666 g/mol. The summed E-state index contributed by atoms with van der Waals surface area (Å²) < 4.78 is 26.5. The van der Waals surface area contributed by atoms with Crippen LogP contribution in [-0.4, -0.2) is 212 Å². The lowest BCUT2D eigenvalue weighted by atomic mass is 9.88. The average Bonchev–Trinajstić information content (AvgIpc) is 3.00. The molecule has 22 nitrogen and oxygen atoms in total. The van der Waals surface area contributed by atoms with E-state index in [-0.39, 0.29) is 0 Å². The second kappa shape index (κ2) is 14.5. The molecule has 0 saturated carbocycles. The zero-order chi connectivity index (χ0) is 34.2. The molecule has 0 aromatic carbocycles. The van der Waals surface area contributed by atoms with Crippen LogP contribution in [0.25, 0.3) is 0 Å². The maximum Gasteiger partial charge on any atom is 0.367 e. The number of rotatable bonds is 12. The second-order valence-corrected chi connectivity index (χ2v) is 10.8. The largest absolute Gasteiger partial charge is 0.477 e. The highest BCUT2D eigenvalue weighted by Crippen LogP contribution is 2.41. The van der Waals surface area contributed by atoms with Crippen LogP contribution < -0.4 is 0 Å². The van der Waals surface area contributed by atoms with Gasteiger partial charge >= 0.3 is 11.9 Å². The van der Waals surface area contributed by atoms with Gasteiger partial charge in [0.25, 0.3) is 11.6 Å². The maximum atomic E-state index is 12.6. The third kappa shape index (κ3) is 7.08. The fraction of sp³-hybridized carbons (Fsp3) is 0.913. The molecule has 3 saturated heterocycles. The molecule has 0 aromatic rings. The second-order valence-electron chi connectivity index (χ2n) is 10.8. The van der Waals surface area contributed by atoms with Crippen molar-refractivity contribution in [3.63, 3.8) is 0 Å². The SMILES string of the molecule is O=C(O)[C@]1(O[C@@H]2C[C@](O)(C(=O)O)O[C@H]([C@H](O)CO)[C@@H]2O[C@H]2O[C@H]([C@@H](O)CO)[C@@H](O)[C@H](O)[C@@H]2O)O[C@H]([C@H](O)CO)[C@H](O)[C@H](O)[C@@H]1O. The Morgan fingerprint density at radius 2 is 1.22 bits per heavy atom. The van der Waals surface area contributed by atoms with Gasteiger partial charge in [0.1, 0.15) is 79.4 Å². The van der Waals surface area contributed by atoms with Gasteiger partial charge in [-0.1, -0.05) is 0 Å². The van der Waals surface area contributed by atoms with Crippen LogP contribution in [0.2, 0.25) is 0 Å². The molecule has 0 aromatic heterocycles. The lowest BCUT2D eigenvalue weighted by molar-refractivity contribution is -0.407. The van der Waals surface area contributed by atoms with Gasteiger partial charge in [-0.15, -0.1) is 0 Å². The van der Waals surface area contributed by atoms with E-state index in [2.05, 4.69) is 0 Å². The molecule has 0 radical (unpaired) electrons. The van der Waals surface area contributed by atoms with Gasteiger partial charge < -0.3 is 100 Å². The van der Waals surface area contributed by atoms with E-state index in [1.165, 1.54) is 0 Å². The predicted molar refractivity (Wildman–Crippen MR) is 131 cm³/mol. The van der Waals surface area contributed by atoms with Crippen LogP contribution in [0, 0.1) is 0 Å². The summed E-state index contributed by atoms with van der Waals surface area (Å²) in [6.45, 7) is -3.48. The van der Waals surface area contributed by atoms with Crippen molar-refractivity contribution >= 4 is 11.9 Å². The molecule has 15 N–H and O–H groups in total. The van der Waals surface area contributed by atoms with E-state index in [9.17, 15) is 86.2 Å². The highest BCUT2D eigenvalue weighted by atomic mass is 16.8. The molecule has 22 heteroatoms. The molecule has 3 heterocycles. The van der Waals surface area contributed by atoms with Crippen molar-refractivity contribution < 1.29 is 110 Å². The first-order chi connectivity index (χ1) is 20.9. The molecule has 45 heavy (non-hydrogen) atoms. The lowest BCUT2D eigenvalue weighted by Gasteiger charge is -2.52. The van der Waals surface area contributed by atoms with Gasteiger partial charge in [0.05, 0.1) is 25.9 Å². The number of hydrogen-bond acceptors (Lipinski definition) is 20. The molecule has 3 fully saturated rings. The molecule has 0 unspecified atom stereocenters. The van der Waals surface area contributed by atoms with E-state index in [0.29, 0.717) is 0 Å². The van der Waals surface area contributed by atoms with Gasteiger partial charge in [-0.05, 0) is 0 Å². The summed E-state index contributed by atoms with van der Waals surface area (Å²) in [7, 11) is 0. The Balaban J connectivity index is 2.13. The van der Waals surface area contributed by atoms with Crippen molar-refractivity contribution in [2.24, 2.45) is 0 Å². The summed E-state index contributed by atoms with van der Waals surface area (Å²) in [6, 6.07) is 0. The third-order valence-electron chi connectivity index (χ3n) is 7.77. The minimum Gasteiger partial charge on any atom is -0.477 e. The van der Waals surface area contributed by atoms with Gasteiger partial charge in [0.15, 0.2) is 6.29 Å². The summed E-state index contributed by atoms with van der Waals surface area (Å²) in [5.74, 6) is -11.4. The van der Waals surface area contributed by atoms with Crippen molar-refractivity contribution in [1.82, 2.24) is 0 Å². The van der Waals surface area contributed by atoms with Gasteiger partial charge in [0.2, 0.25) is 0 Å². The van der Waals surface area contributed by atoms with Crippen molar-refractivity contribution in [3.8, 4) is 0 Å². The predicted octanol–water partition coefficient (Wildman–Crippen LogP) is -9.55. The highest BCUT2D eigenvalue weighted by Gasteiger charge is 2.65. The van der Waals surface area contributed by atoms with Gasteiger partial charge in [0, 0.05) is 6.42 Å². The molecule has 0 spiro atoms. The number of carboxylic acids is 2. The van der Waals surface area contributed by atoms with Gasteiger partial charge in [-0.2, -0.15) is 0 Å².